The minimum absolute atomic E-state index is 0.198. The fraction of sp³-hybridized carbons (Fsp3) is 0.778. The largest absolute Gasteiger partial charge is 0.299 e. The van der Waals surface area contributed by atoms with E-state index in [0.29, 0.717) is 11.7 Å². The number of nitriles is 1. The van der Waals surface area contributed by atoms with Crippen molar-refractivity contribution in [2.45, 2.75) is 25.7 Å². The van der Waals surface area contributed by atoms with Crippen LogP contribution in [0.1, 0.15) is 25.7 Å². The zero-order valence-corrected chi connectivity index (χ0v) is 6.42. The SMILES string of the molecule is N#CC1CC2C(=O)CCCC12. The van der Waals surface area contributed by atoms with Gasteiger partial charge in [0.15, 0.2) is 0 Å². The number of nitrogens with zero attached hydrogens (tertiary/aromatic N) is 1. The maximum Gasteiger partial charge on any atom is 0.136 e. The van der Waals surface area contributed by atoms with Gasteiger partial charge in [-0.15, -0.1) is 0 Å². The minimum atomic E-state index is 0.198. The first kappa shape index (κ1) is 6.84. The molecule has 0 heterocycles. The summed E-state index contributed by atoms with van der Waals surface area (Å²) in [6.45, 7) is 0. The molecule has 2 aliphatic carbocycles. The molecule has 0 aromatic heterocycles. The van der Waals surface area contributed by atoms with Crippen LogP contribution >= 0.6 is 0 Å². The van der Waals surface area contributed by atoms with Gasteiger partial charge in [-0.25, -0.2) is 0 Å². The van der Waals surface area contributed by atoms with Crippen molar-refractivity contribution >= 4 is 5.78 Å². The number of carbonyl (C=O) groups excluding carboxylic acids is 1. The third-order valence-electron chi connectivity index (χ3n) is 3.08. The molecule has 58 valence electrons. The molecule has 0 saturated heterocycles. The number of fused-ring (bicyclic) bond motifs is 1. The monoisotopic (exact) mass is 149 g/mol. The van der Waals surface area contributed by atoms with Gasteiger partial charge >= 0.3 is 0 Å². The van der Waals surface area contributed by atoms with Crippen molar-refractivity contribution in [3.63, 3.8) is 0 Å². The zero-order chi connectivity index (χ0) is 7.84. The molecule has 0 N–H and O–H groups in total. The van der Waals surface area contributed by atoms with Crippen LogP contribution in [-0.4, -0.2) is 5.78 Å². The predicted molar refractivity (Wildman–Crippen MR) is 39.6 cm³/mol. The highest BCUT2D eigenvalue weighted by Gasteiger charge is 2.46. The Morgan fingerprint density at radius 3 is 3.09 bits per heavy atom. The molecule has 3 unspecified atom stereocenters. The van der Waals surface area contributed by atoms with Crippen molar-refractivity contribution in [2.75, 3.05) is 0 Å². The molecule has 0 aromatic carbocycles. The second kappa shape index (κ2) is 2.34. The molecule has 2 aliphatic rings. The van der Waals surface area contributed by atoms with E-state index in [1.165, 1.54) is 0 Å². The highest BCUT2D eigenvalue weighted by molar-refractivity contribution is 5.83. The van der Waals surface area contributed by atoms with E-state index in [-0.39, 0.29) is 11.8 Å². The normalized spacial score (nSPS) is 42.1. The molecule has 0 aromatic rings. The summed E-state index contributed by atoms with van der Waals surface area (Å²) in [5, 5.41) is 8.65. The first-order valence-corrected chi connectivity index (χ1v) is 4.25. The average Bonchev–Trinajstić information content (AvgIpc) is 1.95. The van der Waals surface area contributed by atoms with Gasteiger partial charge in [0.1, 0.15) is 5.78 Å². The third kappa shape index (κ3) is 0.875. The Bertz CT molecular complexity index is 228. The van der Waals surface area contributed by atoms with Gasteiger partial charge in [-0.3, -0.25) is 4.79 Å². The lowest BCUT2D eigenvalue weighted by Gasteiger charge is -2.43. The molecule has 0 amide bonds. The number of Topliss-reactive ketones (excluding diaryl/α,β-unsaturated/α-hetero) is 1. The lowest BCUT2D eigenvalue weighted by atomic mass is 9.59. The zero-order valence-electron chi connectivity index (χ0n) is 6.42. The molecule has 3 atom stereocenters. The van der Waals surface area contributed by atoms with E-state index in [1.54, 1.807) is 0 Å². The van der Waals surface area contributed by atoms with Gasteiger partial charge in [0.25, 0.3) is 0 Å². The van der Waals surface area contributed by atoms with Crippen molar-refractivity contribution in [3.8, 4) is 6.07 Å². The number of ketones is 1. The van der Waals surface area contributed by atoms with Crippen LogP contribution in [0.4, 0.5) is 0 Å². The van der Waals surface area contributed by atoms with Gasteiger partial charge in [-0.2, -0.15) is 5.26 Å². The van der Waals surface area contributed by atoms with Gasteiger partial charge < -0.3 is 0 Å². The van der Waals surface area contributed by atoms with E-state index in [9.17, 15) is 4.79 Å². The molecular weight excluding hydrogens is 138 g/mol. The van der Waals surface area contributed by atoms with E-state index in [1.807, 2.05) is 0 Å². The topological polar surface area (TPSA) is 40.9 Å². The third-order valence-corrected chi connectivity index (χ3v) is 3.08. The second-order valence-electron chi connectivity index (χ2n) is 3.60. The van der Waals surface area contributed by atoms with Gasteiger partial charge in [-0.05, 0) is 25.2 Å². The molecule has 2 heteroatoms. The molecule has 0 aliphatic heterocycles. The summed E-state index contributed by atoms with van der Waals surface area (Å²) in [6.07, 6.45) is 3.73. The van der Waals surface area contributed by atoms with Gasteiger partial charge in [0, 0.05) is 12.3 Å². The number of carbonyl (C=O) groups is 1. The second-order valence-corrected chi connectivity index (χ2v) is 3.60. The minimum Gasteiger partial charge on any atom is -0.299 e. The standard InChI is InChI=1S/C9H11NO/c10-5-6-4-8-7(6)2-1-3-9(8)11/h6-8H,1-4H2. The highest BCUT2D eigenvalue weighted by Crippen LogP contribution is 2.47. The lowest BCUT2D eigenvalue weighted by Crippen LogP contribution is -2.43. The molecule has 2 saturated carbocycles. The summed E-state index contributed by atoms with van der Waals surface area (Å²) < 4.78 is 0. The van der Waals surface area contributed by atoms with E-state index < -0.39 is 0 Å². The summed E-state index contributed by atoms with van der Waals surface area (Å²) in [4.78, 5) is 11.2. The maximum absolute atomic E-state index is 11.2. The average molecular weight is 149 g/mol. The van der Waals surface area contributed by atoms with E-state index in [0.717, 1.165) is 25.7 Å². The molecular formula is C9H11NO. The highest BCUT2D eigenvalue weighted by atomic mass is 16.1. The van der Waals surface area contributed by atoms with Crippen molar-refractivity contribution in [3.05, 3.63) is 0 Å². The van der Waals surface area contributed by atoms with Crippen molar-refractivity contribution in [1.29, 1.82) is 5.26 Å². The first-order valence-electron chi connectivity index (χ1n) is 4.25. The summed E-state index contributed by atoms with van der Waals surface area (Å²) in [5.41, 5.74) is 0. The lowest BCUT2D eigenvalue weighted by molar-refractivity contribution is -0.133. The Kier molecular flexibility index (Phi) is 1.45. The van der Waals surface area contributed by atoms with E-state index in [2.05, 4.69) is 6.07 Å². The Hall–Kier alpha value is -0.840. The van der Waals surface area contributed by atoms with Crippen LogP contribution in [-0.2, 0) is 4.79 Å². The summed E-state index contributed by atoms with van der Waals surface area (Å²) in [6, 6.07) is 2.27. The van der Waals surface area contributed by atoms with E-state index >= 15 is 0 Å². The van der Waals surface area contributed by atoms with Crippen LogP contribution in [0, 0.1) is 29.1 Å². The Balaban J connectivity index is 2.06. The Labute approximate surface area is 66.2 Å². The van der Waals surface area contributed by atoms with E-state index in [4.69, 9.17) is 5.26 Å². The molecule has 2 nitrogen and oxygen atoms in total. The van der Waals surface area contributed by atoms with Gasteiger partial charge in [0.2, 0.25) is 0 Å². The molecule has 0 radical (unpaired) electrons. The van der Waals surface area contributed by atoms with Gasteiger partial charge in [-0.1, -0.05) is 0 Å². The molecule has 0 bridgehead atoms. The summed E-state index contributed by atoms with van der Waals surface area (Å²) in [7, 11) is 0. The van der Waals surface area contributed by atoms with Crippen LogP contribution in [0.15, 0.2) is 0 Å². The molecule has 2 rings (SSSR count). The van der Waals surface area contributed by atoms with Crippen LogP contribution < -0.4 is 0 Å². The molecule has 2 fully saturated rings. The Morgan fingerprint density at radius 1 is 1.55 bits per heavy atom. The van der Waals surface area contributed by atoms with Gasteiger partial charge in [0.05, 0.1) is 12.0 Å². The smallest absolute Gasteiger partial charge is 0.136 e. The van der Waals surface area contributed by atoms with Crippen LogP contribution in [0.5, 0.6) is 0 Å². The van der Waals surface area contributed by atoms with Crippen molar-refractivity contribution < 1.29 is 4.79 Å². The Morgan fingerprint density at radius 2 is 2.36 bits per heavy atom. The predicted octanol–water partition coefficient (Wildman–Crippen LogP) is 1.52. The maximum atomic E-state index is 11.2. The fourth-order valence-electron chi connectivity index (χ4n) is 2.33. The quantitative estimate of drug-likeness (QED) is 0.524. The summed E-state index contributed by atoms with van der Waals surface area (Å²) in [5.74, 6) is 1.31. The first-order chi connectivity index (χ1) is 5.33. The molecule has 0 spiro atoms. The fourth-order valence-corrected chi connectivity index (χ4v) is 2.33. The summed E-state index contributed by atoms with van der Waals surface area (Å²) >= 11 is 0. The molecule has 11 heavy (non-hydrogen) atoms. The van der Waals surface area contributed by atoms with Crippen molar-refractivity contribution in [1.82, 2.24) is 0 Å². The number of hydrogen-bond acceptors (Lipinski definition) is 2. The van der Waals surface area contributed by atoms with Crippen molar-refractivity contribution in [2.24, 2.45) is 17.8 Å². The van der Waals surface area contributed by atoms with Crippen LogP contribution in [0.3, 0.4) is 0 Å². The van der Waals surface area contributed by atoms with Crippen LogP contribution in [0.25, 0.3) is 0 Å². The number of rotatable bonds is 0. The van der Waals surface area contributed by atoms with Crippen LogP contribution in [0.2, 0.25) is 0 Å². The number of hydrogen-bond donors (Lipinski definition) is 0.